The summed E-state index contributed by atoms with van der Waals surface area (Å²) in [5.74, 6) is 0.926. The minimum Gasteiger partial charge on any atom is -0.396 e. The van der Waals surface area contributed by atoms with Gasteiger partial charge < -0.3 is 15.7 Å². The van der Waals surface area contributed by atoms with E-state index in [1.165, 1.54) is 0 Å². The maximum Gasteiger partial charge on any atom is 0.251 e. The smallest absolute Gasteiger partial charge is 0.251 e. The van der Waals surface area contributed by atoms with Gasteiger partial charge in [0.25, 0.3) is 5.91 Å². The van der Waals surface area contributed by atoms with Crippen molar-refractivity contribution in [2.24, 2.45) is 5.92 Å². The Morgan fingerprint density at radius 1 is 1.04 bits per heavy atom. The number of carbonyl (C=O) groups excluding carboxylic acids is 1. The molecule has 2 aliphatic heterocycles. The highest BCUT2D eigenvalue weighted by Crippen LogP contribution is 2.34. The maximum absolute atomic E-state index is 12.5. The second kappa shape index (κ2) is 6.38. The van der Waals surface area contributed by atoms with Gasteiger partial charge in [-0.2, -0.15) is 0 Å². The van der Waals surface area contributed by atoms with Crippen molar-refractivity contribution in [1.29, 1.82) is 0 Å². The maximum atomic E-state index is 12.5. The van der Waals surface area contributed by atoms with Crippen molar-refractivity contribution in [3.63, 3.8) is 0 Å². The summed E-state index contributed by atoms with van der Waals surface area (Å²) in [7, 11) is 0. The van der Waals surface area contributed by atoms with Crippen LogP contribution in [0, 0.1) is 5.92 Å². The predicted octanol–water partition coefficient (Wildman–Crippen LogP) is 1.93. The molecule has 4 rings (SSSR count). The molecule has 0 aliphatic carbocycles. The highest BCUT2D eigenvalue weighted by Gasteiger charge is 2.34. The van der Waals surface area contributed by atoms with Crippen molar-refractivity contribution in [2.75, 3.05) is 26.2 Å². The lowest BCUT2D eigenvalue weighted by atomic mass is 9.86. The molecule has 2 aromatic rings. The van der Waals surface area contributed by atoms with Crippen LogP contribution in [-0.2, 0) is 6.42 Å². The molecule has 0 radical (unpaired) electrons. The summed E-state index contributed by atoms with van der Waals surface area (Å²) in [4.78, 5) is 12.5. The van der Waals surface area contributed by atoms with E-state index < -0.39 is 0 Å². The second-order valence-electron chi connectivity index (χ2n) is 6.71. The first-order chi connectivity index (χ1) is 11.8. The van der Waals surface area contributed by atoms with Gasteiger partial charge in [0.15, 0.2) is 0 Å². The van der Waals surface area contributed by atoms with Crippen molar-refractivity contribution in [1.82, 2.24) is 10.6 Å². The molecule has 0 bridgehead atoms. The molecule has 3 N–H and O–H groups in total. The highest BCUT2D eigenvalue weighted by atomic mass is 16.2. The normalized spacial score (nSPS) is 22.5. The van der Waals surface area contributed by atoms with E-state index in [2.05, 4.69) is 34.9 Å². The fourth-order valence-corrected chi connectivity index (χ4v) is 3.92. The number of hydrogen-bond donors (Lipinski definition) is 3. The molecule has 124 valence electrons. The third-order valence-corrected chi connectivity index (χ3v) is 5.22. The van der Waals surface area contributed by atoms with E-state index in [0.717, 1.165) is 47.5 Å². The summed E-state index contributed by atoms with van der Waals surface area (Å²) < 4.78 is 0. The van der Waals surface area contributed by atoms with Crippen LogP contribution >= 0.6 is 0 Å². The Morgan fingerprint density at radius 3 is 2.79 bits per heavy atom. The van der Waals surface area contributed by atoms with Gasteiger partial charge in [-0.25, -0.2) is 0 Å². The van der Waals surface area contributed by atoms with Crippen LogP contribution in [0.3, 0.4) is 0 Å². The summed E-state index contributed by atoms with van der Waals surface area (Å²) in [5, 5.41) is 15.6. The molecule has 2 atom stereocenters. The number of fused-ring (bicyclic) bond motifs is 3. The van der Waals surface area contributed by atoms with Crippen LogP contribution in [0.4, 0.5) is 0 Å². The Balaban J connectivity index is 1.75. The number of rotatable bonds is 3. The monoisotopic (exact) mass is 322 g/mol. The van der Waals surface area contributed by atoms with E-state index in [4.69, 9.17) is 5.11 Å². The molecule has 4 heteroatoms. The van der Waals surface area contributed by atoms with Gasteiger partial charge in [0.05, 0.1) is 0 Å². The van der Waals surface area contributed by atoms with Crippen molar-refractivity contribution in [2.45, 2.75) is 12.3 Å². The molecule has 2 aliphatic rings. The molecule has 1 amide bonds. The highest BCUT2D eigenvalue weighted by molar-refractivity contribution is 5.97. The Hall–Kier alpha value is -2.17. The van der Waals surface area contributed by atoms with E-state index in [1.807, 2.05) is 18.2 Å². The SMILES string of the molecule is O=C1NC[C@H]2CNC[C@@H]2c2ccc(-c3cccc(CCO)c3)cc21. The van der Waals surface area contributed by atoms with Gasteiger partial charge in [0.1, 0.15) is 0 Å². The summed E-state index contributed by atoms with van der Waals surface area (Å²) >= 11 is 0. The van der Waals surface area contributed by atoms with Crippen LogP contribution in [0.25, 0.3) is 11.1 Å². The van der Waals surface area contributed by atoms with Gasteiger partial charge >= 0.3 is 0 Å². The Labute approximate surface area is 141 Å². The molecule has 1 saturated heterocycles. The minimum absolute atomic E-state index is 0.0350. The van der Waals surface area contributed by atoms with Gasteiger partial charge in [0, 0.05) is 37.7 Å². The van der Waals surface area contributed by atoms with E-state index in [-0.39, 0.29) is 12.5 Å². The lowest BCUT2D eigenvalue weighted by molar-refractivity contribution is 0.0952. The largest absolute Gasteiger partial charge is 0.396 e. The second-order valence-corrected chi connectivity index (χ2v) is 6.71. The number of nitrogens with one attached hydrogen (secondary N) is 2. The van der Waals surface area contributed by atoms with Crippen molar-refractivity contribution in [3.8, 4) is 11.1 Å². The fraction of sp³-hybridized carbons (Fsp3) is 0.350. The first-order valence-corrected chi connectivity index (χ1v) is 8.59. The van der Waals surface area contributed by atoms with Gasteiger partial charge in [-0.05, 0) is 40.7 Å². The number of aliphatic hydroxyl groups excluding tert-OH is 1. The van der Waals surface area contributed by atoms with Crippen LogP contribution in [0.2, 0.25) is 0 Å². The molecule has 0 spiro atoms. The molecular formula is C20H22N2O2. The lowest BCUT2D eigenvalue weighted by Gasteiger charge is -2.17. The van der Waals surface area contributed by atoms with Crippen LogP contribution in [0.5, 0.6) is 0 Å². The topological polar surface area (TPSA) is 61.4 Å². The fourth-order valence-electron chi connectivity index (χ4n) is 3.92. The van der Waals surface area contributed by atoms with Gasteiger partial charge in [-0.1, -0.05) is 36.4 Å². The molecular weight excluding hydrogens is 300 g/mol. The van der Waals surface area contributed by atoms with Crippen molar-refractivity contribution < 1.29 is 9.90 Å². The number of aliphatic hydroxyl groups is 1. The van der Waals surface area contributed by atoms with Crippen LogP contribution in [0.1, 0.15) is 27.4 Å². The molecule has 2 aromatic carbocycles. The third-order valence-electron chi connectivity index (χ3n) is 5.22. The zero-order valence-corrected chi connectivity index (χ0v) is 13.6. The molecule has 0 saturated carbocycles. The van der Waals surface area contributed by atoms with Crippen molar-refractivity contribution in [3.05, 3.63) is 59.2 Å². The Kier molecular flexibility index (Phi) is 4.08. The standard InChI is InChI=1S/C20H22N2O2/c23-7-6-13-2-1-3-14(8-13)15-4-5-17-18(9-15)20(24)22-11-16-10-21-12-19(16)17/h1-5,8-9,16,19,21,23H,6-7,10-12H2,(H,22,24)/t16-,19+/m1/s1. The lowest BCUT2D eigenvalue weighted by Crippen LogP contribution is -2.28. The molecule has 4 nitrogen and oxygen atoms in total. The summed E-state index contributed by atoms with van der Waals surface area (Å²) in [6.45, 7) is 2.80. The van der Waals surface area contributed by atoms with Gasteiger partial charge in [-0.3, -0.25) is 4.79 Å². The average molecular weight is 322 g/mol. The first-order valence-electron chi connectivity index (χ1n) is 8.59. The quantitative estimate of drug-likeness (QED) is 0.809. The Bertz CT molecular complexity index is 772. The summed E-state index contributed by atoms with van der Waals surface area (Å²) in [6, 6.07) is 14.4. The zero-order chi connectivity index (χ0) is 16.5. The molecule has 0 unspecified atom stereocenters. The van der Waals surface area contributed by atoms with Gasteiger partial charge in [-0.15, -0.1) is 0 Å². The molecule has 1 fully saturated rings. The number of hydrogen-bond acceptors (Lipinski definition) is 3. The molecule has 0 aromatic heterocycles. The molecule has 24 heavy (non-hydrogen) atoms. The summed E-state index contributed by atoms with van der Waals surface area (Å²) in [5.41, 5.74) is 5.20. The number of benzene rings is 2. The van der Waals surface area contributed by atoms with Gasteiger partial charge in [0.2, 0.25) is 0 Å². The average Bonchev–Trinajstić information content (AvgIpc) is 3.03. The predicted molar refractivity (Wildman–Crippen MR) is 94.1 cm³/mol. The van der Waals surface area contributed by atoms with E-state index in [9.17, 15) is 4.79 Å². The Morgan fingerprint density at radius 2 is 1.92 bits per heavy atom. The van der Waals surface area contributed by atoms with E-state index >= 15 is 0 Å². The van der Waals surface area contributed by atoms with Crippen molar-refractivity contribution >= 4 is 5.91 Å². The number of carbonyl (C=O) groups is 1. The summed E-state index contributed by atoms with van der Waals surface area (Å²) in [6.07, 6.45) is 0.648. The molecule has 2 heterocycles. The van der Waals surface area contributed by atoms with E-state index in [1.54, 1.807) is 0 Å². The first kappa shape index (κ1) is 15.4. The third kappa shape index (κ3) is 2.72. The van der Waals surface area contributed by atoms with Crippen LogP contribution in [0.15, 0.2) is 42.5 Å². The minimum atomic E-state index is 0.0350. The van der Waals surface area contributed by atoms with Crippen LogP contribution < -0.4 is 10.6 Å². The zero-order valence-electron chi connectivity index (χ0n) is 13.6. The van der Waals surface area contributed by atoms with E-state index in [0.29, 0.717) is 18.3 Å². The number of amides is 1. The van der Waals surface area contributed by atoms with Crippen LogP contribution in [-0.4, -0.2) is 37.3 Å².